The van der Waals surface area contributed by atoms with E-state index in [1.807, 2.05) is 0 Å². The fourth-order valence-electron chi connectivity index (χ4n) is 2.94. The maximum absolute atomic E-state index is 2.69. The maximum Gasteiger partial charge on any atom is 0.0351 e. The molecule has 16 heavy (non-hydrogen) atoms. The predicted octanol–water partition coefficient (Wildman–Crippen LogP) is 1.10. The first-order valence-electron chi connectivity index (χ1n) is 6.80. The van der Waals surface area contributed by atoms with Gasteiger partial charge >= 0.3 is 0 Å². The molecule has 0 aromatic carbocycles. The first-order chi connectivity index (χ1) is 7.58. The van der Waals surface area contributed by atoms with Crippen molar-refractivity contribution in [3.05, 3.63) is 0 Å². The van der Waals surface area contributed by atoms with Gasteiger partial charge in [-0.2, -0.15) is 0 Å². The van der Waals surface area contributed by atoms with Crippen LogP contribution >= 0.6 is 0 Å². The Labute approximate surface area is 100 Å². The highest BCUT2D eigenvalue weighted by Crippen LogP contribution is 2.18. The lowest BCUT2D eigenvalue weighted by molar-refractivity contribution is -0.00676. The summed E-state index contributed by atoms with van der Waals surface area (Å²) in [5, 5.41) is 0. The minimum atomic E-state index is 0.705. The molecule has 0 unspecified atom stereocenters. The summed E-state index contributed by atoms with van der Waals surface area (Å²) in [7, 11) is 0. The standard InChI is InChI=1S/C13H27N3/c1-11(2)15-7-5-14-6-8-16(12(3)4)10-13(14)9-15/h11-13H,5-10H2,1-4H3. The second-order valence-corrected chi connectivity index (χ2v) is 5.87. The zero-order chi connectivity index (χ0) is 11.7. The van der Waals surface area contributed by atoms with E-state index in [2.05, 4.69) is 42.4 Å². The van der Waals surface area contributed by atoms with Crippen LogP contribution in [0.1, 0.15) is 27.7 Å². The molecule has 2 saturated heterocycles. The van der Waals surface area contributed by atoms with Crippen molar-refractivity contribution in [2.45, 2.75) is 45.8 Å². The van der Waals surface area contributed by atoms with E-state index >= 15 is 0 Å². The Balaban J connectivity index is 1.93. The molecule has 0 aliphatic carbocycles. The fraction of sp³-hybridized carbons (Fsp3) is 1.00. The molecule has 2 heterocycles. The zero-order valence-electron chi connectivity index (χ0n) is 11.3. The third kappa shape index (κ3) is 2.58. The Kier molecular flexibility index (Phi) is 3.88. The lowest BCUT2D eigenvalue weighted by Gasteiger charge is -2.49. The molecule has 3 nitrogen and oxygen atoms in total. The van der Waals surface area contributed by atoms with Crippen LogP contribution in [0.3, 0.4) is 0 Å². The molecule has 0 amide bonds. The van der Waals surface area contributed by atoms with Gasteiger partial charge in [0.1, 0.15) is 0 Å². The molecule has 2 rings (SSSR count). The molecular formula is C13H27N3. The van der Waals surface area contributed by atoms with E-state index in [9.17, 15) is 0 Å². The van der Waals surface area contributed by atoms with Gasteiger partial charge < -0.3 is 0 Å². The van der Waals surface area contributed by atoms with Crippen molar-refractivity contribution < 1.29 is 0 Å². The van der Waals surface area contributed by atoms with Crippen LogP contribution in [0.15, 0.2) is 0 Å². The van der Waals surface area contributed by atoms with Gasteiger partial charge in [0.25, 0.3) is 0 Å². The summed E-state index contributed by atoms with van der Waals surface area (Å²) in [6, 6.07) is 2.18. The Morgan fingerprint density at radius 3 is 1.56 bits per heavy atom. The van der Waals surface area contributed by atoms with Crippen LogP contribution in [-0.4, -0.2) is 72.1 Å². The lowest BCUT2D eigenvalue weighted by Crippen LogP contribution is -2.63. The van der Waals surface area contributed by atoms with E-state index in [0.717, 1.165) is 6.04 Å². The number of piperazine rings is 2. The van der Waals surface area contributed by atoms with E-state index in [-0.39, 0.29) is 0 Å². The molecule has 94 valence electrons. The summed E-state index contributed by atoms with van der Waals surface area (Å²) in [6.07, 6.45) is 0. The minimum absolute atomic E-state index is 0.705. The van der Waals surface area contributed by atoms with Gasteiger partial charge in [-0.25, -0.2) is 0 Å². The topological polar surface area (TPSA) is 9.72 Å². The molecule has 0 aromatic heterocycles. The summed E-state index contributed by atoms with van der Waals surface area (Å²) in [5.41, 5.74) is 0. The maximum atomic E-state index is 2.69. The van der Waals surface area contributed by atoms with Crippen LogP contribution in [0.5, 0.6) is 0 Å². The molecule has 2 fully saturated rings. The Bertz CT molecular complexity index is 205. The SMILES string of the molecule is CC(C)N1CCN2CCN(C(C)C)CC2C1. The van der Waals surface area contributed by atoms with E-state index in [1.54, 1.807) is 0 Å². The van der Waals surface area contributed by atoms with Crippen molar-refractivity contribution in [2.24, 2.45) is 0 Å². The minimum Gasteiger partial charge on any atom is -0.298 e. The summed E-state index contributed by atoms with van der Waals surface area (Å²) in [4.78, 5) is 7.95. The first kappa shape index (κ1) is 12.3. The normalized spacial score (nSPS) is 26.6. The number of nitrogens with zero attached hydrogens (tertiary/aromatic N) is 3. The highest BCUT2D eigenvalue weighted by Gasteiger charge is 2.33. The van der Waals surface area contributed by atoms with Crippen molar-refractivity contribution in [2.75, 3.05) is 39.3 Å². The van der Waals surface area contributed by atoms with Crippen molar-refractivity contribution in [3.63, 3.8) is 0 Å². The van der Waals surface area contributed by atoms with Crippen LogP contribution in [0.2, 0.25) is 0 Å². The number of hydrogen-bond acceptors (Lipinski definition) is 3. The highest BCUT2D eigenvalue weighted by molar-refractivity contribution is 4.90. The Hall–Kier alpha value is -0.120. The molecule has 2 aliphatic rings. The monoisotopic (exact) mass is 225 g/mol. The molecule has 0 aromatic rings. The van der Waals surface area contributed by atoms with Crippen molar-refractivity contribution in [1.82, 2.24) is 14.7 Å². The summed E-state index contributed by atoms with van der Waals surface area (Å²) in [6.45, 7) is 16.9. The summed E-state index contributed by atoms with van der Waals surface area (Å²) < 4.78 is 0. The molecule has 0 spiro atoms. The average Bonchev–Trinajstić information content (AvgIpc) is 2.27. The van der Waals surface area contributed by atoms with Gasteiger partial charge in [0, 0.05) is 57.4 Å². The molecule has 0 radical (unpaired) electrons. The lowest BCUT2D eigenvalue weighted by atomic mass is 10.1. The molecule has 0 N–H and O–H groups in total. The van der Waals surface area contributed by atoms with Crippen molar-refractivity contribution in [3.8, 4) is 0 Å². The van der Waals surface area contributed by atoms with Gasteiger partial charge in [-0.3, -0.25) is 14.7 Å². The van der Waals surface area contributed by atoms with Gasteiger partial charge in [0.2, 0.25) is 0 Å². The summed E-state index contributed by atoms with van der Waals surface area (Å²) in [5.74, 6) is 0. The number of hydrogen-bond donors (Lipinski definition) is 0. The molecule has 3 heteroatoms. The second-order valence-electron chi connectivity index (χ2n) is 5.87. The van der Waals surface area contributed by atoms with Gasteiger partial charge in [-0.1, -0.05) is 0 Å². The first-order valence-corrected chi connectivity index (χ1v) is 6.80. The average molecular weight is 225 g/mol. The third-order valence-electron chi connectivity index (χ3n) is 4.22. The van der Waals surface area contributed by atoms with Crippen LogP contribution in [0.4, 0.5) is 0 Å². The quantitative estimate of drug-likeness (QED) is 0.697. The highest BCUT2D eigenvalue weighted by atomic mass is 15.4. The summed E-state index contributed by atoms with van der Waals surface area (Å²) >= 11 is 0. The van der Waals surface area contributed by atoms with Gasteiger partial charge in [-0.15, -0.1) is 0 Å². The molecule has 0 saturated carbocycles. The van der Waals surface area contributed by atoms with E-state index < -0.39 is 0 Å². The van der Waals surface area contributed by atoms with E-state index in [1.165, 1.54) is 39.3 Å². The molecular weight excluding hydrogens is 198 g/mol. The Morgan fingerprint density at radius 1 is 0.750 bits per heavy atom. The van der Waals surface area contributed by atoms with Crippen LogP contribution in [0, 0.1) is 0 Å². The number of rotatable bonds is 2. The van der Waals surface area contributed by atoms with E-state index in [4.69, 9.17) is 0 Å². The fourth-order valence-corrected chi connectivity index (χ4v) is 2.94. The zero-order valence-corrected chi connectivity index (χ0v) is 11.3. The van der Waals surface area contributed by atoms with Crippen molar-refractivity contribution in [1.29, 1.82) is 0 Å². The van der Waals surface area contributed by atoms with Crippen LogP contribution in [0.25, 0.3) is 0 Å². The molecule has 2 aliphatic heterocycles. The van der Waals surface area contributed by atoms with Crippen molar-refractivity contribution >= 4 is 0 Å². The van der Waals surface area contributed by atoms with Gasteiger partial charge in [0.05, 0.1) is 0 Å². The Morgan fingerprint density at radius 2 is 1.19 bits per heavy atom. The van der Waals surface area contributed by atoms with Crippen LogP contribution in [-0.2, 0) is 0 Å². The molecule has 0 bridgehead atoms. The van der Waals surface area contributed by atoms with Gasteiger partial charge in [-0.05, 0) is 27.7 Å². The van der Waals surface area contributed by atoms with Gasteiger partial charge in [0.15, 0.2) is 0 Å². The number of fused-ring (bicyclic) bond motifs is 1. The van der Waals surface area contributed by atoms with Crippen LogP contribution < -0.4 is 0 Å². The molecule has 0 atom stereocenters. The predicted molar refractivity (Wildman–Crippen MR) is 68.8 cm³/mol. The third-order valence-corrected chi connectivity index (χ3v) is 4.22. The smallest absolute Gasteiger partial charge is 0.0351 e. The second kappa shape index (κ2) is 5.03. The van der Waals surface area contributed by atoms with E-state index in [0.29, 0.717) is 12.1 Å². The largest absolute Gasteiger partial charge is 0.298 e.